The standard InChI is InChI=1S/C20H23N5O2/c1-26-16-5-2-6-17(10-16)27-20-12-21-11-18(24-20)15-4-3-9-25(13-15)14-19-22-7-8-23-19/h2,5-8,10-12,15H,3-4,9,13-14H2,1H3,(H,22,23)/t15-/m0/s1. The number of benzene rings is 1. The number of H-pyrrole nitrogens is 1. The van der Waals surface area contributed by atoms with Crippen molar-refractivity contribution in [1.82, 2.24) is 24.8 Å². The number of rotatable bonds is 6. The number of aromatic nitrogens is 4. The third-order valence-electron chi connectivity index (χ3n) is 4.75. The fourth-order valence-corrected chi connectivity index (χ4v) is 3.43. The van der Waals surface area contributed by atoms with Crippen LogP contribution in [0, 0.1) is 0 Å². The van der Waals surface area contributed by atoms with E-state index in [4.69, 9.17) is 14.5 Å². The van der Waals surface area contributed by atoms with Crippen molar-refractivity contribution in [3.05, 3.63) is 60.6 Å². The molecule has 1 fully saturated rings. The van der Waals surface area contributed by atoms with E-state index in [9.17, 15) is 0 Å². The van der Waals surface area contributed by atoms with Gasteiger partial charge < -0.3 is 14.5 Å². The summed E-state index contributed by atoms with van der Waals surface area (Å²) in [5, 5.41) is 0. The highest BCUT2D eigenvalue weighted by Crippen LogP contribution is 2.28. The number of imidazole rings is 1. The van der Waals surface area contributed by atoms with Gasteiger partial charge in [0.05, 0.1) is 25.5 Å². The molecule has 3 heterocycles. The molecule has 7 heteroatoms. The van der Waals surface area contributed by atoms with Gasteiger partial charge >= 0.3 is 0 Å². The molecule has 2 aromatic heterocycles. The number of piperidine rings is 1. The zero-order valence-electron chi connectivity index (χ0n) is 15.3. The van der Waals surface area contributed by atoms with Gasteiger partial charge in [0.25, 0.3) is 0 Å². The molecule has 0 saturated carbocycles. The fraction of sp³-hybridized carbons (Fsp3) is 0.350. The molecule has 0 bridgehead atoms. The number of ether oxygens (including phenoxy) is 2. The maximum Gasteiger partial charge on any atom is 0.238 e. The number of hydrogen-bond acceptors (Lipinski definition) is 6. The van der Waals surface area contributed by atoms with Crippen LogP contribution in [0.4, 0.5) is 0 Å². The van der Waals surface area contributed by atoms with Crippen LogP contribution in [-0.4, -0.2) is 45.0 Å². The lowest BCUT2D eigenvalue weighted by molar-refractivity contribution is 0.194. The number of methoxy groups -OCH3 is 1. The van der Waals surface area contributed by atoms with E-state index >= 15 is 0 Å². The average molecular weight is 365 g/mol. The minimum Gasteiger partial charge on any atom is -0.497 e. The second kappa shape index (κ2) is 8.18. The highest BCUT2D eigenvalue weighted by molar-refractivity contribution is 5.35. The van der Waals surface area contributed by atoms with Gasteiger partial charge in [0.15, 0.2) is 0 Å². The Morgan fingerprint density at radius 3 is 3.04 bits per heavy atom. The third-order valence-corrected chi connectivity index (χ3v) is 4.75. The van der Waals surface area contributed by atoms with Crippen LogP contribution < -0.4 is 9.47 Å². The van der Waals surface area contributed by atoms with Crippen LogP contribution in [-0.2, 0) is 6.54 Å². The number of likely N-dealkylation sites (tertiary alicyclic amines) is 1. The smallest absolute Gasteiger partial charge is 0.238 e. The summed E-state index contributed by atoms with van der Waals surface area (Å²) in [7, 11) is 1.64. The van der Waals surface area contributed by atoms with Gasteiger partial charge in [-0.25, -0.2) is 9.97 Å². The van der Waals surface area contributed by atoms with Gasteiger partial charge in [-0.05, 0) is 31.5 Å². The third kappa shape index (κ3) is 4.43. The van der Waals surface area contributed by atoms with Gasteiger partial charge in [-0.15, -0.1) is 0 Å². The lowest BCUT2D eigenvalue weighted by atomic mass is 9.95. The first-order chi connectivity index (χ1) is 13.3. The lowest BCUT2D eigenvalue weighted by Gasteiger charge is -2.31. The van der Waals surface area contributed by atoms with Crippen LogP contribution in [0.5, 0.6) is 17.4 Å². The molecule has 140 valence electrons. The van der Waals surface area contributed by atoms with E-state index in [1.807, 2.05) is 36.7 Å². The SMILES string of the molecule is COc1cccc(Oc2cncc([C@H]3CCCN(Cc4ncc[nH]4)C3)n2)c1. The van der Waals surface area contributed by atoms with E-state index in [0.29, 0.717) is 17.5 Å². The summed E-state index contributed by atoms with van der Waals surface area (Å²) in [5.41, 5.74) is 0.972. The van der Waals surface area contributed by atoms with E-state index in [-0.39, 0.29) is 0 Å². The molecule has 0 spiro atoms. The van der Waals surface area contributed by atoms with E-state index < -0.39 is 0 Å². The predicted molar refractivity (Wildman–Crippen MR) is 101 cm³/mol. The Kier molecular flexibility index (Phi) is 5.29. The Morgan fingerprint density at radius 1 is 1.26 bits per heavy atom. The van der Waals surface area contributed by atoms with Crippen molar-refractivity contribution < 1.29 is 9.47 Å². The molecule has 0 unspecified atom stereocenters. The molecule has 1 aliphatic heterocycles. The molecular formula is C20H23N5O2. The largest absolute Gasteiger partial charge is 0.497 e. The van der Waals surface area contributed by atoms with Gasteiger partial charge in [0.1, 0.15) is 17.3 Å². The molecule has 0 radical (unpaired) electrons. The Morgan fingerprint density at radius 2 is 2.19 bits per heavy atom. The summed E-state index contributed by atoms with van der Waals surface area (Å²) in [6, 6.07) is 7.48. The molecule has 0 aliphatic carbocycles. The minimum absolute atomic E-state index is 0.343. The van der Waals surface area contributed by atoms with Gasteiger partial charge in [-0.1, -0.05) is 6.07 Å². The number of aromatic amines is 1. The normalized spacial score (nSPS) is 17.6. The van der Waals surface area contributed by atoms with E-state index in [0.717, 1.165) is 49.7 Å². The number of nitrogens with zero attached hydrogens (tertiary/aromatic N) is 4. The molecule has 3 aromatic rings. The molecule has 1 aromatic carbocycles. The first-order valence-corrected chi connectivity index (χ1v) is 9.14. The first-order valence-electron chi connectivity index (χ1n) is 9.14. The Balaban J connectivity index is 1.44. The average Bonchev–Trinajstić information content (AvgIpc) is 3.22. The van der Waals surface area contributed by atoms with Gasteiger partial charge in [-0.3, -0.25) is 9.88 Å². The van der Waals surface area contributed by atoms with Crippen molar-refractivity contribution >= 4 is 0 Å². The summed E-state index contributed by atoms with van der Waals surface area (Å²) >= 11 is 0. The molecule has 1 aliphatic rings. The quantitative estimate of drug-likeness (QED) is 0.722. The van der Waals surface area contributed by atoms with Crippen LogP contribution >= 0.6 is 0 Å². The van der Waals surface area contributed by atoms with Crippen LogP contribution in [0.2, 0.25) is 0 Å². The second-order valence-electron chi connectivity index (χ2n) is 6.67. The zero-order chi connectivity index (χ0) is 18.5. The monoisotopic (exact) mass is 365 g/mol. The van der Waals surface area contributed by atoms with E-state index in [1.165, 1.54) is 0 Å². The van der Waals surface area contributed by atoms with Crippen molar-refractivity contribution in [3.63, 3.8) is 0 Å². The minimum atomic E-state index is 0.343. The molecule has 27 heavy (non-hydrogen) atoms. The van der Waals surface area contributed by atoms with E-state index in [2.05, 4.69) is 19.9 Å². The van der Waals surface area contributed by atoms with Gasteiger partial charge in [0.2, 0.25) is 5.88 Å². The lowest BCUT2D eigenvalue weighted by Crippen LogP contribution is -2.34. The molecule has 1 saturated heterocycles. The molecule has 0 amide bonds. The highest BCUT2D eigenvalue weighted by Gasteiger charge is 2.23. The molecule has 7 nitrogen and oxygen atoms in total. The van der Waals surface area contributed by atoms with Crippen LogP contribution in [0.1, 0.15) is 30.3 Å². The second-order valence-corrected chi connectivity index (χ2v) is 6.67. The van der Waals surface area contributed by atoms with Crippen molar-refractivity contribution in [1.29, 1.82) is 0 Å². The summed E-state index contributed by atoms with van der Waals surface area (Å²) in [6.07, 6.45) is 9.38. The molecule has 1 atom stereocenters. The van der Waals surface area contributed by atoms with Crippen LogP contribution in [0.15, 0.2) is 49.1 Å². The summed E-state index contributed by atoms with van der Waals surface area (Å²) in [4.78, 5) is 19.0. The highest BCUT2D eigenvalue weighted by atomic mass is 16.5. The molecular weight excluding hydrogens is 342 g/mol. The summed E-state index contributed by atoms with van der Waals surface area (Å²) in [6.45, 7) is 2.85. The zero-order valence-corrected chi connectivity index (χ0v) is 15.3. The number of nitrogens with one attached hydrogen (secondary N) is 1. The predicted octanol–water partition coefficient (Wildman–Crippen LogP) is 3.38. The fourth-order valence-electron chi connectivity index (χ4n) is 3.43. The van der Waals surface area contributed by atoms with Crippen LogP contribution in [0.25, 0.3) is 0 Å². The number of hydrogen-bond donors (Lipinski definition) is 1. The summed E-state index contributed by atoms with van der Waals surface area (Å²) in [5.74, 6) is 3.28. The van der Waals surface area contributed by atoms with Gasteiger partial charge in [0, 0.05) is 37.1 Å². The maximum atomic E-state index is 5.88. The van der Waals surface area contributed by atoms with Gasteiger partial charge in [-0.2, -0.15) is 0 Å². The van der Waals surface area contributed by atoms with E-state index in [1.54, 1.807) is 19.5 Å². The maximum absolute atomic E-state index is 5.88. The van der Waals surface area contributed by atoms with Crippen molar-refractivity contribution in [2.75, 3.05) is 20.2 Å². The Hall–Kier alpha value is -2.93. The topological polar surface area (TPSA) is 76.2 Å². The molecule has 4 rings (SSSR count). The Bertz CT molecular complexity index is 868. The van der Waals surface area contributed by atoms with Crippen LogP contribution in [0.3, 0.4) is 0 Å². The Labute approximate surface area is 158 Å². The van der Waals surface area contributed by atoms with Crippen molar-refractivity contribution in [2.45, 2.75) is 25.3 Å². The van der Waals surface area contributed by atoms with Crippen molar-refractivity contribution in [2.24, 2.45) is 0 Å². The first kappa shape index (κ1) is 17.5. The molecule has 1 N–H and O–H groups in total. The van der Waals surface area contributed by atoms with Crippen molar-refractivity contribution in [3.8, 4) is 17.4 Å². The summed E-state index contributed by atoms with van der Waals surface area (Å²) < 4.78 is 11.1.